The van der Waals surface area contributed by atoms with Gasteiger partial charge in [0, 0.05) is 25.2 Å². The Bertz CT molecular complexity index is 456. The number of nitrogens with zero attached hydrogens (tertiary/aromatic N) is 1. The molecule has 1 aliphatic heterocycles. The quantitative estimate of drug-likeness (QED) is 0.922. The highest BCUT2D eigenvalue weighted by Crippen LogP contribution is 2.33. The highest BCUT2D eigenvalue weighted by atomic mass is 16.5. The summed E-state index contributed by atoms with van der Waals surface area (Å²) in [7, 11) is 4.38. The lowest BCUT2D eigenvalue weighted by Crippen LogP contribution is -2.47. The SMILES string of the molecule is CNC1c2ccccc2CCC1N(C)CC1CCCOC1. The zero-order valence-corrected chi connectivity index (χ0v) is 13.3. The van der Waals surface area contributed by atoms with E-state index in [4.69, 9.17) is 4.74 Å². The molecule has 0 radical (unpaired) electrons. The van der Waals surface area contributed by atoms with Gasteiger partial charge in [0.25, 0.3) is 0 Å². The van der Waals surface area contributed by atoms with Gasteiger partial charge in [-0.25, -0.2) is 0 Å². The Balaban J connectivity index is 1.69. The molecule has 3 nitrogen and oxygen atoms in total. The predicted molar refractivity (Wildman–Crippen MR) is 86.5 cm³/mol. The molecule has 0 aromatic heterocycles. The van der Waals surface area contributed by atoms with E-state index in [9.17, 15) is 0 Å². The summed E-state index contributed by atoms with van der Waals surface area (Å²) >= 11 is 0. The topological polar surface area (TPSA) is 24.5 Å². The zero-order valence-electron chi connectivity index (χ0n) is 13.3. The van der Waals surface area contributed by atoms with Gasteiger partial charge >= 0.3 is 0 Å². The first-order chi connectivity index (χ1) is 10.3. The molecule has 2 aliphatic rings. The van der Waals surface area contributed by atoms with Crippen molar-refractivity contribution in [3.63, 3.8) is 0 Å². The molecule has 1 N–H and O–H groups in total. The molecule has 3 heteroatoms. The van der Waals surface area contributed by atoms with Crippen molar-refractivity contribution in [2.24, 2.45) is 5.92 Å². The molecule has 0 spiro atoms. The van der Waals surface area contributed by atoms with E-state index in [0.717, 1.165) is 19.8 Å². The van der Waals surface area contributed by atoms with Crippen molar-refractivity contribution >= 4 is 0 Å². The summed E-state index contributed by atoms with van der Waals surface area (Å²) in [5.74, 6) is 0.707. The number of benzene rings is 1. The summed E-state index contributed by atoms with van der Waals surface area (Å²) in [6, 6.07) is 9.94. The Morgan fingerprint density at radius 2 is 2.14 bits per heavy atom. The molecule has 1 saturated heterocycles. The molecule has 1 aromatic rings. The summed E-state index contributed by atoms with van der Waals surface area (Å²) in [6.07, 6.45) is 4.98. The third-order valence-electron chi connectivity index (χ3n) is 5.16. The molecule has 0 saturated carbocycles. The smallest absolute Gasteiger partial charge is 0.0506 e. The summed E-state index contributed by atoms with van der Waals surface area (Å²) < 4.78 is 5.64. The molecule has 1 heterocycles. The maximum atomic E-state index is 5.64. The standard InChI is InChI=1S/C18H28N2O/c1-19-18-16-8-4-3-7-15(16)9-10-17(18)20(2)12-14-6-5-11-21-13-14/h3-4,7-8,14,17-19H,5-6,9-13H2,1-2H3. The first-order valence-corrected chi connectivity index (χ1v) is 8.32. The van der Waals surface area contributed by atoms with Crippen molar-refractivity contribution < 1.29 is 4.74 Å². The Morgan fingerprint density at radius 3 is 2.90 bits per heavy atom. The predicted octanol–water partition coefficient (Wildman–Crippen LogP) is 2.62. The molecule has 3 rings (SSSR count). The van der Waals surface area contributed by atoms with Gasteiger partial charge in [0.15, 0.2) is 0 Å². The fraction of sp³-hybridized carbons (Fsp3) is 0.667. The van der Waals surface area contributed by atoms with Crippen LogP contribution < -0.4 is 5.32 Å². The second-order valence-electron chi connectivity index (χ2n) is 6.59. The normalized spacial score (nSPS) is 29.4. The van der Waals surface area contributed by atoms with Gasteiger partial charge in [-0.05, 0) is 56.8 Å². The molecule has 3 atom stereocenters. The van der Waals surface area contributed by atoms with Gasteiger partial charge in [-0.15, -0.1) is 0 Å². The van der Waals surface area contributed by atoms with Crippen LogP contribution in [0.5, 0.6) is 0 Å². The summed E-state index contributed by atoms with van der Waals surface area (Å²) in [5, 5.41) is 3.56. The minimum absolute atomic E-state index is 0.449. The van der Waals surface area contributed by atoms with Crippen LogP contribution in [0.15, 0.2) is 24.3 Å². The van der Waals surface area contributed by atoms with Gasteiger partial charge in [-0.2, -0.15) is 0 Å². The summed E-state index contributed by atoms with van der Waals surface area (Å²) in [5.41, 5.74) is 3.01. The average Bonchev–Trinajstić information content (AvgIpc) is 2.54. The van der Waals surface area contributed by atoms with Crippen LogP contribution in [-0.2, 0) is 11.2 Å². The van der Waals surface area contributed by atoms with Crippen LogP contribution in [0.3, 0.4) is 0 Å². The first-order valence-electron chi connectivity index (χ1n) is 8.32. The Morgan fingerprint density at radius 1 is 1.29 bits per heavy atom. The molecular formula is C18H28N2O. The minimum Gasteiger partial charge on any atom is -0.381 e. The molecule has 0 bridgehead atoms. The van der Waals surface area contributed by atoms with Crippen molar-refractivity contribution in [2.75, 3.05) is 33.9 Å². The lowest BCUT2D eigenvalue weighted by molar-refractivity contribution is 0.0315. The zero-order chi connectivity index (χ0) is 14.7. The molecule has 21 heavy (non-hydrogen) atoms. The Labute approximate surface area is 128 Å². The van der Waals surface area contributed by atoms with Crippen molar-refractivity contribution in [3.05, 3.63) is 35.4 Å². The highest BCUT2D eigenvalue weighted by Gasteiger charge is 2.32. The van der Waals surface area contributed by atoms with E-state index < -0.39 is 0 Å². The molecule has 1 aliphatic carbocycles. The number of rotatable bonds is 4. The van der Waals surface area contributed by atoms with Crippen LogP contribution in [0.25, 0.3) is 0 Å². The van der Waals surface area contributed by atoms with E-state index in [2.05, 4.69) is 48.6 Å². The Hall–Kier alpha value is -0.900. The number of likely N-dealkylation sites (N-methyl/N-ethyl adjacent to an activating group) is 2. The molecule has 116 valence electrons. The van der Waals surface area contributed by atoms with Crippen LogP contribution in [0.4, 0.5) is 0 Å². The van der Waals surface area contributed by atoms with Crippen molar-refractivity contribution in [1.82, 2.24) is 10.2 Å². The third-order valence-corrected chi connectivity index (χ3v) is 5.16. The number of nitrogens with one attached hydrogen (secondary N) is 1. The molecule has 3 unspecified atom stereocenters. The van der Waals surface area contributed by atoms with Gasteiger partial charge in [0.1, 0.15) is 0 Å². The molecule has 1 fully saturated rings. The van der Waals surface area contributed by atoms with Crippen molar-refractivity contribution in [3.8, 4) is 0 Å². The highest BCUT2D eigenvalue weighted by molar-refractivity contribution is 5.33. The van der Waals surface area contributed by atoms with Crippen LogP contribution in [0, 0.1) is 5.92 Å². The van der Waals surface area contributed by atoms with Crippen molar-refractivity contribution in [1.29, 1.82) is 0 Å². The van der Waals surface area contributed by atoms with E-state index in [0.29, 0.717) is 18.0 Å². The first kappa shape index (κ1) is 15.0. The lowest BCUT2D eigenvalue weighted by Gasteiger charge is -2.41. The van der Waals surface area contributed by atoms with Crippen LogP contribution in [-0.4, -0.2) is 44.8 Å². The minimum atomic E-state index is 0.449. The largest absolute Gasteiger partial charge is 0.381 e. The van der Waals surface area contributed by atoms with E-state index in [1.165, 1.54) is 36.8 Å². The Kier molecular flexibility index (Phi) is 4.94. The second-order valence-corrected chi connectivity index (χ2v) is 6.59. The fourth-order valence-electron chi connectivity index (χ4n) is 4.06. The lowest BCUT2D eigenvalue weighted by atomic mass is 9.83. The number of hydrogen-bond acceptors (Lipinski definition) is 3. The number of hydrogen-bond donors (Lipinski definition) is 1. The van der Waals surface area contributed by atoms with Crippen LogP contribution >= 0.6 is 0 Å². The fourth-order valence-corrected chi connectivity index (χ4v) is 4.06. The maximum Gasteiger partial charge on any atom is 0.0506 e. The van der Waals surface area contributed by atoms with E-state index >= 15 is 0 Å². The van der Waals surface area contributed by atoms with E-state index in [-0.39, 0.29) is 0 Å². The van der Waals surface area contributed by atoms with Crippen LogP contribution in [0.2, 0.25) is 0 Å². The molecular weight excluding hydrogens is 260 g/mol. The van der Waals surface area contributed by atoms with E-state index in [1.54, 1.807) is 0 Å². The monoisotopic (exact) mass is 288 g/mol. The summed E-state index contributed by atoms with van der Waals surface area (Å²) in [4.78, 5) is 2.57. The second kappa shape index (κ2) is 6.91. The molecule has 1 aromatic carbocycles. The summed E-state index contributed by atoms with van der Waals surface area (Å²) in [6.45, 7) is 3.05. The van der Waals surface area contributed by atoms with Gasteiger partial charge in [-0.1, -0.05) is 24.3 Å². The van der Waals surface area contributed by atoms with Gasteiger partial charge in [-0.3, -0.25) is 0 Å². The van der Waals surface area contributed by atoms with Gasteiger partial charge < -0.3 is 15.0 Å². The van der Waals surface area contributed by atoms with Gasteiger partial charge in [0.05, 0.1) is 6.61 Å². The number of ether oxygens (including phenoxy) is 1. The van der Waals surface area contributed by atoms with Crippen LogP contribution in [0.1, 0.15) is 36.4 Å². The maximum absolute atomic E-state index is 5.64. The molecule has 0 amide bonds. The van der Waals surface area contributed by atoms with Crippen molar-refractivity contribution in [2.45, 2.75) is 37.8 Å². The van der Waals surface area contributed by atoms with Gasteiger partial charge in [0.2, 0.25) is 0 Å². The number of aryl methyl sites for hydroxylation is 1. The third kappa shape index (κ3) is 3.31. The average molecular weight is 288 g/mol. The van der Waals surface area contributed by atoms with E-state index in [1.807, 2.05) is 0 Å². The number of fused-ring (bicyclic) bond motifs is 1.